The maximum atomic E-state index is 12.5. The number of benzene rings is 2. The number of rotatable bonds is 3. The van der Waals surface area contributed by atoms with Gasteiger partial charge in [0.15, 0.2) is 0 Å². The van der Waals surface area contributed by atoms with Gasteiger partial charge in [-0.05, 0) is 34.6 Å². The SMILES string of the molecule is C[C@H]1[C@H](C)CCC[C@@H]1NC(=O)Cc1cccc2ccccc12. The molecule has 1 aliphatic rings. The lowest BCUT2D eigenvalue weighted by molar-refractivity contribution is -0.121. The summed E-state index contributed by atoms with van der Waals surface area (Å²) in [5.74, 6) is 1.43. The second-order valence-corrected chi connectivity index (χ2v) is 6.76. The Balaban J connectivity index is 1.71. The van der Waals surface area contributed by atoms with Crippen molar-refractivity contribution >= 4 is 16.7 Å². The summed E-state index contributed by atoms with van der Waals surface area (Å²) in [7, 11) is 0. The van der Waals surface area contributed by atoms with E-state index in [0.717, 1.165) is 12.0 Å². The van der Waals surface area contributed by atoms with Crippen molar-refractivity contribution < 1.29 is 4.79 Å². The van der Waals surface area contributed by atoms with Gasteiger partial charge in [0.25, 0.3) is 0 Å². The van der Waals surface area contributed by atoms with Crippen molar-refractivity contribution in [3.05, 3.63) is 48.0 Å². The minimum atomic E-state index is 0.155. The van der Waals surface area contributed by atoms with Crippen LogP contribution in [0.25, 0.3) is 10.8 Å². The van der Waals surface area contributed by atoms with Gasteiger partial charge >= 0.3 is 0 Å². The molecule has 1 amide bonds. The van der Waals surface area contributed by atoms with E-state index in [9.17, 15) is 4.79 Å². The van der Waals surface area contributed by atoms with E-state index in [1.165, 1.54) is 23.6 Å². The number of carbonyl (C=O) groups is 1. The van der Waals surface area contributed by atoms with E-state index in [1.54, 1.807) is 0 Å². The predicted octanol–water partition coefficient (Wildman–Crippen LogP) is 4.32. The van der Waals surface area contributed by atoms with Gasteiger partial charge in [-0.25, -0.2) is 0 Å². The first kappa shape index (κ1) is 15.1. The third-order valence-electron chi connectivity index (χ3n) is 5.28. The molecule has 1 N–H and O–H groups in total. The fraction of sp³-hybridized carbons (Fsp3) is 0.450. The van der Waals surface area contributed by atoms with Crippen LogP contribution in [0, 0.1) is 11.8 Å². The normalized spacial score (nSPS) is 25.1. The van der Waals surface area contributed by atoms with Crippen molar-refractivity contribution in [1.82, 2.24) is 5.32 Å². The lowest BCUT2D eigenvalue weighted by Gasteiger charge is -2.34. The first-order valence-corrected chi connectivity index (χ1v) is 8.41. The van der Waals surface area contributed by atoms with Crippen LogP contribution in [0.15, 0.2) is 42.5 Å². The van der Waals surface area contributed by atoms with E-state index in [0.29, 0.717) is 24.3 Å². The molecule has 1 saturated carbocycles. The molecule has 2 heteroatoms. The van der Waals surface area contributed by atoms with Gasteiger partial charge in [-0.2, -0.15) is 0 Å². The van der Waals surface area contributed by atoms with E-state index in [4.69, 9.17) is 0 Å². The van der Waals surface area contributed by atoms with Gasteiger partial charge in [0.05, 0.1) is 6.42 Å². The topological polar surface area (TPSA) is 29.1 Å². The Bertz CT molecular complexity index is 658. The highest BCUT2D eigenvalue weighted by Gasteiger charge is 2.28. The zero-order valence-electron chi connectivity index (χ0n) is 13.5. The van der Waals surface area contributed by atoms with Crippen LogP contribution >= 0.6 is 0 Å². The Kier molecular flexibility index (Phi) is 4.47. The fourth-order valence-corrected chi connectivity index (χ4v) is 3.66. The molecule has 0 radical (unpaired) electrons. The third-order valence-corrected chi connectivity index (χ3v) is 5.28. The van der Waals surface area contributed by atoms with E-state index in [2.05, 4.69) is 43.4 Å². The monoisotopic (exact) mass is 295 g/mol. The largest absolute Gasteiger partial charge is 0.353 e. The quantitative estimate of drug-likeness (QED) is 0.897. The van der Waals surface area contributed by atoms with Crippen molar-refractivity contribution in [2.24, 2.45) is 11.8 Å². The highest BCUT2D eigenvalue weighted by molar-refractivity contribution is 5.90. The first-order chi connectivity index (χ1) is 10.6. The zero-order valence-corrected chi connectivity index (χ0v) is 13.5. The van der Waals surface area contributed by atoms with Crippen molar-refractivity contribution in [2.45, 2.75) is 45.6 Å². The molecule has 1 aliphatic carbocycles. The van der Waals surface area contributed by atoms with E-state index in [-0.39, 0.29) is 5.91 Å². The van der Waals surface area contributed by atoms with Gasteiger partial charge in [0.1, 0.15) is 0 Å². The van der Waals surface area contributed by atoms with Crippen LogP contribution in [0.3, 0.4) is 0 Å². The highest BCUT2D eigenvalue weighted by Crippen LogP contribution is 2.29. The molecule has 1 fully saturated rings. The molecule has 0 aliphatic heterocycles. The Hall–Kier alpha value is -1.83. The zero-order chi connectivity index (χ0) is 15.5. The summed E-state index contributed by atoms with van der Waals surface area (Å²) in [5, 5.41) is 5.66. The minimum Gasteiger partial charge on any atom is -0.353 e. The molecule has 0 bridgehead atoms. The second-order valence-electron chi connectivity index (χ2n) is 6.76. The van der Waals surface area contributed by atoms with Gasteiger partial charge in [-0.1, -0.05) is 69.2 Å². The molecule has 22 heavy (non-hydrogen) atoms. The average molecular weight is 295 g/mol. The van der Waals surface area contributed by atoms with Crippen LogP contribution in [0.5, 0.6) is 0 Å². The molecule has 0 unspecified atom stereocenters. The molecule has 2 aromatic rings. The van der Waals surface area contributed by atoms with E-state index < -0.39 is 0 Å². The molecule has 116 valence electrons. The van der Waals surface area contributed by atoms with Gasteiger partial charge in [0.2, 0.25) is 5.91 Å². The van der Waals surface area contributed by atoms with Crippen LogP contribution in [0.4, 0.5) is 0 Å². The molecule has 0 aromatic heterocycles. The number of carbonyl (C=O) groups excluding carboxylic acids is 1. The van der Waals surface area contributed by atoms with Gasteiger partial charge in [-0.3, -0.25) is 4.79 Å². The Labute approximate surface area is 132 Å². The summed E-state index contributed by atoms with van der Waals surface area (Å²) in [6.07, 6.45) is 4.10. The van der Waals surface area contributed by atoms with Crippen LogP contribution in [-0.2, 0) is 11.2 Å². The maximum absolute atomic E-state index is 12.5. The molecule has 2 nitrogen and oxygen atoms in total. The standard InChI is InChI=1S/C20H25NO/c1-14-7-5-12-19(15(14)2)21-20(22)13-17-10-6-9-16-8-3-4-11-18(16)17/h3-4,6,8-11,14-15,19H,5,7,12-13H2,1-2H3,(H,21,22)/t14-,15+,19+/m1/s1. The fourth-order valence-electron chi connectivity index (χ4n) is 3.66. The van der Waals surface area contributed by atoms with E-state index in [1.807, 2.05) is 18.2 Å². The molecular formula is C20H25NO. The van der Waals surface area contributed by atoms with Crippen LogP contribution < -0.4 is 5.32 Å². The maximum Gasteiger partial charge on any atom is 0.224 e. The van der Waals surface area contributed by atoms with Crippen molar-refractivity contribution in [2.75, 3.05) is 0 Å². The van der Waals surface area contributed by atoms with E-state index >= 15 is 0 Å². The summed E-state index contributed by atoms with van der Waals surface area (Å²) in [5.41, 5.74) is 1.12. The van der Waals surface area contributed by atoms with Crippen LogP contribution in [0.1, 0.15) is 38.7 Å². The minimum absolute atomic E-state index is 0.155. The summed E-state index contributed by atoms with van der Waals surface area (Å²) in [6.45, 7) is 4.57. The number of hydrogen-bond donors (Lipinski definition) is 1. The average Bonchev–Trinajstić information content (AvgIpc) is 2.52. The molecule has 3 atom stereocenters. The molecular weight excluding hydrogens is 270 g/mol. The molecule has 3 rings (SSSR count). The molecule has 2 aromatic carbocycles. The first-order valence-electron chi connectivity index (χ1n) is 8.41. The lowest BCUT2D eigenvalue weighted by Crippen LogP contribution is -2.44. The third kappa shape index (κ3) is 3.16. The Morgan fingerprint density at radius 2 is 1.86 bits per heavy atom. The smallest absolute Gasteiger partial charge is 0.224 e. The van der Waals surface area contributed by atoms with Crippen molar-refractivity contribution in [3.63, 3.8) is 0 Å². The highest BCUT2D eigenvalue weighted by atomic mass is 16.1. The number of nitrogens with one attached hydrogen (secondary N) is 1. The van der Waals surface area contributed by atoms with Gasteiger partial charge in [-0.15, -0.1) is 0 Å². The Morgan fingerprint density at radius 1 is 1.09 bits per heavy atom. The molecule has 0 heterocycles. The number of hydrogen-bond acceptors (Lipinski definition) is 1. The summed E-state index contributed by atoms with van der Waals surface area (Å²) in [4.78, 5) is 12.5. The van der Waals surface area contributed by atoms with Gasteiger partial charge in [0, 0.05) is 6.04 Å². The number of fused-ring (bicyclic) bond motifs is 1. The summed E-state index contributed by atoms with van der Waals surface area (Å²) >= 11 is 0. The van der Waals surface area contributed by atoms with Crippen molar-refractivity contribution in [3.8, 4) is 0 Å². The predicted molar refractivity (Wildman–Crippen MR) is 91.8 cm³/mol. The summed E-state index contributed by atoms with van der Waals surface area (Å²) < 4.78 is 0. The van der Waals surface area contributed by atoms with Gasteiger partial charge < -0.3 is 5.32 Å². The molecule has 0 saturated heterocycles. The van der Waals surface area contributed by atoms with Crippen LogP contribution in [-0.4, -0.2) is 11.9 Å². The number of amides is 1. The lowest BCUT2D eigenvalue weighted by atomic mass is 9.78. The van der Waals surface area contributed by atoms with Crippen molar-refractivity contribution in [1.29, 1.82) is 0 Å². The summed E-state index contributed by atoms with van der Waals surface area (Å²) in [6, 6.07) is 14.8. The molecule has 0 spiro atoms. The van der Waals surface area contributed by atoms with Crippen LogP contribution in [0.2, 0.25) is 0 Å². The second kappa shape index (κ2) is 6.51. The Morgan fingerprint density at radius 3 is 2.73 bits per heavy atom.